The highest BCUT2D eigenvalue weighted by Gasteiger charge is 2.17. The van der Waals surface area contributed by atoms with Crippen molar-refractivity contribution in [3.63, 3.8) is 0 Å². The van der Waals surface area contributed by atoms with Crippen LogP contribution in [0, 0.1) is 18.3 Å². The highest BCUT2D eigenvalue weighted by atomic mass is 17.2. The third-order valence-electron chi connectivity index (χ3n) is 5.54. The number of rotatable bonds is 9. The van der Waals surface area contributed by atoms with Gasteiger partial charge in [-0.05, 0) is 54.2 Å². The minimum atomic E-state index is -0.453. The van der Waals surface area contributed by atoms with Gasteiger partial charge in [-0.25, -0.2) is 4.79 Å². The highest BCUT2D eigenvalue weighted by Crippen LogP contribution is 2.30. The second-order valence-electron chi connectivity index (χ2n) is 7.90. The lowest BCUT2D eigenvalue weighted by molar-refractivity contribution is -0.178. The first-order valence-corrected chi connectivity index (χ1v) is 11.5. The van der Waals surface area contributed by atoms with Crippen molar-refractivity contribution in [2.45, 2.75) is 33.1 Å². The molecule has 0 atom stereocenters. The van der Waals surface area contributed by atoms with E-state index in [1.54, 1.807) is 19.1 Å². The average molecular weight is 455 g/mol. The van der Waals surface area contributed by atoms with E-state index in [0.717, 1.165) is 30.5 Å². The maximum absolute atomic E-state index is 12.3. The number of esters is 1. The summed E-state index contributed by atoms with van der Waals surface area (Å²) in [7, 11) is 1.40. The quantitative estimate of drug-likeness (QED) is 0.179. The van der Waals surface area contributed by atoms with Crippen molar-refractivity contribution in [1.29, 1.82) is 0 Å². The maximum Gasteiger partial charge on any atom is 0.342 e. The smallest absolute Gasteiger partial charge is 0.342 e. The van der Waals surface area contributed by atoms with Crippen molar-refractivity contribution in [2.24, 2.45) is 0 Å². The van der Waals surface area contributed by atoms with Crippen LogP contribution in [0.15, 0.2) is 60.9 Å². The van der Waals surface area contributed by atoms with Crippen LogP contribution in [0.25, 0.3) is 11.3 Å². The van der Waals surface area contributed by atoms with E-state index in [1.165, 1.54) is 29.4 Å². The summed E-state index contributed by atoms with van der Waals surface area (Å²) < 4.78 is 7.13. The lowest BCUT2D eigenvalue weighted by Gasteiger charge is -2.10. The number of nitrogens with zero attached hydrogens (tertiary/aromatic N) is 1. The van der Waals surface area contributed by atoms with Crippen LogP contribution in [0.3, 0.4) is 0 Å². The van der Waals surface area contributed by atoms with E-state index in [2.05, 4.69) is 54.8 Å². The molecule has 173 valence electrons. The average Bonchev–Trinajstić information content (AvgIpc) is 3.62. The molecule has 1 heterocycles. The standard InChI is InChI=1S/C29H28NO4/c1-4-6-7-24-19-30(26-16-17-27(29(31)33-5-2)28(18-26)34-32-3)20-25(24)13-10-21-8-11-22(12-9-21)23-14-15-23/h8-9,11-12,14-20H,4-5,10,13H2,1-3H3. The second kappa shape index (κ2) is 10.9. The lowest BCUT2D eigenvalue weighted by atomic mass is 10.0. The van der Waals surface area contributed by atoms with Crippen molar-refractivity contribution in [1.82, 2.24) is 4.57 Å². The molecule has 0 spiro atoms. The van der Waals surface area contributed by atoms with E-state index in [1.807, 2.05) is 23.8 Å². The van der Waals surface area contributed by atoms with E-state index in [0.29, 0.717) is 11.3 Å². The molecule has 1 radical (unpaired) electrons. The first kappa shape index (κ1) is 23.4. The molecule has 0 unspecified atom stereocenters. The molecule has 0 amide bonds. The number of carbonyl (C=O) groups is 1. The van der Waals surface area contributed by atoms with Gasteiger partial charge >= 0.3 is 5.97 Å². The number of aryl methyl sites for hydroxylation is 2. The molecule has 0 bridgehead atoms. The molecule has 5 nitrogen and oxygen atoms in total. The Morgan fingerprint density at radius 2 is 1.82 bits per heavy atom. The van der Waals surface area contributed by atoms with Crippen LogP contribution in [0.5, 0.6) is 5.75 Å². The Hall–Kier alpha value is -3.75. The molecule has 0 aliphatic heterocycles. The Morgan fingerprint density at radius 3 is 2.50 bits per heavy atom. The van der Waals surface area contributed by atoms with Gasteiger partial charge in [-0.2, -0.15) is 4.89 Å². The molecule has 1 aromatic heterocycles. The maximum atomic E-state index is 12.3. The fourth-order valence-corrected chi connectivity index (χ4v) is 3.73. The topological polar surface area (TPSA) is 49.7 Å². The minimum absolute atomic E-state index is 0.284. The molecular weight excluding hydrogens is 426 g/mol. The fraction of sp³-hybridized carbons (Fsp3) is 0.241. The van der Waals surface area contributed by atoms with Gasteiger partial charge in [0.1, 0.15) is 5.56 Å². The SMILES string of the molecule is CCC#Cc1cn(-c2ccc(C(=O)OCC)c(OOC)c2)cc1CCc1ccc(C2=C[CH]2)cc1. The Kier molecular flexibility index (Phi) is 7.51. The summed E-state index contributed by atoms with van der Waals surface area (Å²) in [6.07, 6.45) is 10.9. The molecule has 0 fully saturated rings. The normalized spacial score (nSPS) is 11.9. The zero-order chi connectivity index (χ0) is 23.9. The molecular formula is C29H28NO4. The van der Waals surface area contributed by atoms with E-state index in [-0.39, 0.29) is 6.61 Å². The van der Waals surface area contributed by atoms with Crippen molar-refractivity contribution in [2.75, 3.05) is 13.7 Å². The van der Waals surface area contributed by atoms with Crippen molar-refractivity contribution in [3.8, 4) is 23.3 Å². The van der Waals surface area contributed by atoms with Crippen LogP contribution in [-0.2, 0) is 22.5 Å². The number of allylic oxidation sites excluding steroid dienone is 2. The Morgan fingerprint density at radius 1 is 1.03 bits per heavy atom. The summed E-state index contributed by atoms with van der Waals surface area (Å²) in [5.41, 5.74) is 7.20. The molecule has 0 saturated carbocycles. The lowest BCUT2D eigenvalue weighted by Crippen LogP contribution is -2.08. The molecule has 0 N–H and O–H groups in total. The first-order valence-electron chi connectivity index (χ1n) is 11.5. The van der Waals surface area contributed by atoms with Crippen molar-refractivity contribution < 1.29 is 19.3 Å². The molecule has 0 saturated heterocycles. The van der Waals surface area contributed by atoms with Crippen LogP contribution < -0.4 is 4.89 Å². The summed E-state index contributed by atoms with van der Waals surface area (Å²) in [5, 5.41) is 0. The predicted molar refractivity (Wildman–Crippen MR) is 133 cm³/mol. The van der Waals surface area contributed by atoms with Gasteiger partial charge < -0.3 is 14.2 Å². The van der Waals surface area contributed by atoms with E-state index < -0.39 is 5.97 Å². The van der Waals surface area contributed by atoms with Gasteiger partial charge in [-0.1, -0.05) is 49.1 Å². The molecule has 5 heteroatoms. The van der Waals surface area contributed by atoms with E-state index in [4.69, 9.17) is 14.5 Å². The van der Waals surface area contributed by atoms with Crippen LogP contribution in [0.4, 0.5) is 0 Å². The molecule has 1 aliphatic carbocycles. The van der Waals surface area contributed by atoms with Gasteiger partial charge in [0.25, 0.3) is 0 Å². The van der Waals surface area contributed by atoms with Crippen molar-refractivity contribution in [3.05, 3.63) is 95.2 Å². The monoisotopic (exact) mass is 454 g/mol. The summed E-state index contributed by atoms with van der Waals surface area (Å²) in [4.78, 5) is 22.4. The second-order valence-corrected chi connectivity index (χ2v) is 7.90. The summed E-state index contributed by atoms with van der Waals surface area (Å²) >= 11 is 0. The first-order chi connectivity index (χ1) is 16.6. The summed E-state index contributed by atoms with van der Waals surface area (Å²) in [5.74, 6) is 6.33. The van der Waals surface area contributed by atoms with Crippen LogP contribution in [-0.4, -0.2) is 24.3 Å². The number of ether oxygens (including phenoxy) is 1. The minimum Gasteiger partial charge on any atom is -0.462 e. The number of benzene rings is 2. The predicted octanol–water partition coefficient (Wildman–Crippen LogP) is 5.74. The Bertz CT molecular complexity index is 1260. The zero-order valence-corrected chi connectivity index (χ0v) is 19.8. The molecule has 4 rings (SSSR count). The van der Waals surface area contributed by atoms with Gasteiger partial charge in [-0.15, -0.1) is 0 Å². The van der Waals surface area contributed by atoms with Gasteiger partial charge in [0, 0.05) is 42.6 Å². The van der Waals surface area contributed by atoms with E-state index >= 15 is 0 Å². The molecule has 2 aromatic carbocycles. The zero-order valence-electron chi connectivity index (χ0n) is 19.8. The van der Waals surface area contributed by atoms with Crippen molar-refractivity contribution >= 4 is 11.5 Å². The van der Waals surface area contributed by atoms with Crippen LogP contribution >= 0.6 is 0 Å². The number of hydrogen-bond donors (Lipinski definition) is 0. The Labute approximate surface area is 200 Å². The number of aromatic nitrogens is 1. The summed E-state index contributed by atoms with van der Waals surface area (Å²) in [6, 6.07) is 14.0. The third kappa shape index (κ3) is 5.59. The van der Waals surface area contributed by atoms with Gasteiger partial charge in [0.2, 0.25) is 0 Å². The number of hydrogen-bond acceptors (Lipinski definition) is 4. The Balaban J connectivity index is 1.58. The summed E-state index contributed by atoms with van der Waals surface area (Å²) in [6.45, 7) is 4.09. The van der Waals surface area contributed by atoms with Crippen LogP contribution in [0.2, 0.25) is 0 Å². The molecule has 3 aromatic rings. The van der Waals surface area contributed by atoms with Gasteiger partial charge in [-0.3, -0.25) is 0 Å². The molecule has 34 heavy (non-hydrogen) atoms. The number of carbonyl (C=O) groups excluding carboxylic acids is 1. The van der Waals surface area contributed by atoms with Gasteiger partial charge in [0.05, 0.1) is 13.7 Å². The molecule has 1 aliphatic rings. The fourth-order valence-electron chi connectivity index (χ4n) is 3.73. The van der Waals surface area contributed by atoms with Crippen LogP contribution in [0.1, 0.15) is 52.9 Å². The highest BCUT2D eigenvalue weighted by molar-refractivity contribution is 5.93. The largest absolute Gasteiger partial charge is 0.462 e. The van der Waals surface area contributed by atoms with E-state index in [9.17, 15) is 4.79 Å². The van der Waals surface area contributed by atoms with Gasteiger partial charge in [0.15, 0.2) is 5.75 Å². The third-order valence-corrected chi connectivity index (χ3v) is 5.54.